The van der Waals surface area contributed by atoms with Gasteiger partial charge in [0.25, 0.3) is 0 Å². The van der Waals surface area contributed by atoms with E-state index < -0.39 is 0 Å². The van der Waals surface area contributed by atoms with Gasteiger partial charge in [-0.1, -0.05) is 37.6 Å². The summed E-state index contributed by atoms with van der Waals surface area (Å²) in [6, 6.07) is 11.1. The predicted molar refractivity (Wildman–Crippen MR) is 84.9 cm³/mol. The molecule has 1 heterocycles. The van der Waals surface area contributed by atoms with E-state index >= 15 is 0 Å². The van der Waals surface area contributed by atoms with Crippen LogP contribution < -0.4 is 5.32 Å². The molecule has 0 aliphatic carbocycles. The lowest BCUT2D eigenvalue weighted by molar-refractivity contribution is 0.376. The molecule has 0 saturated carbocycles. The van der Waals surface area contributed by atoms with Crippen molar-refractivity contribution in [2.45, 2.75) is 32.9 Å². The summed E-state index contributed by atoms with van der Waals surface area (Å²) < 4.78 is 13.9. The Morgan fingerprint density at radius 2 is 1.70 bits per heavy atom. The van der Waals surface area contributed by atoms with Gasteiger partial charge in [-0.25, -0.2) is 4.39 Å². The van der Waals surface area contributed by atoms with Crippen LogP contribution in [0.4, 0.5) is 4.39 Å². The normalized spacial score (nSPS) is 14.5. The van der Waals surface area contributed by atoms with Gasteiger partial charge in [-0.3, -0.25) is 0 Å². The largest absolute Gasteiger partial charge is 0.302 e. The van der Waals surface area contributed by atoms with Gasteiger partial charge < -0.3 is 5.32 Å². The van der Waals surface area contributed by atoms with Gasteiger partial charge in [0.05, 0.1) is 4.34 Å². The Morgan fingerprint density at radius 1 is 1.05 bits per heavy atom. The van der Waals surface area contributed by atoms with Crippen molar-refractivity contribution in [3.8, 4) is 0 Å². The van der Waals surface area contributed by atoms with Crippen LogP contribution in [0.2, 0.25) is 4.34 Å². The van der Waals surface area contributed by atoms with Crippen molar-refractivity contribution in [2.75, 3.05) is 0 Å². The van der Waals surface area contributed by atoms with Crippen LogP contribution in [0.15, 0.2) is 36.4 Å². The van der Waals surface area contributed by atoms with Gasteiger partial charge >= 0.3 is 0 Å². The lowest BCUT2D eigenvalue weighted by Gasteiger charge is -2.26. The average molecular weight is 312 g/mol. The molecule has 1 N–H and O–H groups in total. The molecule has 2 atom stereocenters. The standard InChI is InChI=1S/C16H19ClFNS/c1-10(2)16(12-4-6-13(18)7-5-12)19-11(3)14-8-9-15(17)20-14/h4-11,16,19H,1-3H3. The Bertz CT molecular complexity index is 550. The summed E-state index contributed by atoms with van der Waals surface area (Å²) in [5.41, 5.74) is 1.11. The summed E-state index contributed by atoms with van der Waals surface area (Å²) in [7, 11) is 0. The first-order valence-corrected chi connectivity index (χ1v) is 7.93. The highest BCUT2D eigenvalue weighted by atomic mass is 35.5. The van der Waals surface area contributed by atoms with E-state index in [1.54, 1.807) is 11.3 Å². The highest BCUT2D eigenvalue weighted by Crippen LogP contribution is 2.30. The third kappa shape index (κ3) is 3.81. The van der Waals surface area contributed by atoms with E-state index in [9.17, 15) is 4.39 Å². The van der Waals surface area contributed by atoms with E-state index in [-0.39, 0.29) is 17.9 Å². The van der Waals surface area contributed by atoms with E-state index in [1.807, 2.05) is 24.3 Å². The van der Waals surface area contributed by atoms with Crippen LogP contribution in [-0.2, 0) is 0 Å². The van der Waals surface area contributed by atoms with E-state index in [0.29, 0.717) is 5.92 Å². The molecule has 0 amide bonds. The molecule has 1 aromatic carbocycles. The zero-order valence-electron chi connectivity index (χ0n) is 11.9. The average Bonchev–Trinajstić information content (AvgIpc) is 2.83. The summed E-state index contributed by atoms with van der Waals surface area (Å²) in [5, 5.41) is 3.61. The number of hydrogen-bond donors (Lipinski definition) is 1. The Balaban J connectivity index is 2.15. The van der Waals surface area contributed by atoms with Gasteiger partial charge in [-0.15, -0.1) is 11.3 Å². The fraction of sp³-hybridized carbons (Fsp3) is 0.375. The minimum absolute atomic E-state index is 0.187. The number of nitrogens with one attached hydrogen (secondary N) is 1. The van der Waals surface area contributed by atoms with Crippen molar-refractivity contribution in [2.24, 2.45) is 5.92 Å². The van der Waals surface area contributed by atoms with Gasteiger partial charge in [-0.2, -0.15) is 0 Å². The third-order valence-corrected chi connectivity index (χ3v) is 4.76. The third-order valence-electron chi connectivity index (χ3n) is 3.35. The van der Waals surface area contributed by atoms with Gasteiger partial charge in [0.2, 0.25) is 0 Å². The van der Waals surface area contributed by atoms with E-state index in [4.69, 9.17) is 11.6 Å². The molecule has 0 spiro atoms. The first-order chi connectivity index (χ1) is 9.47. The van der Waals surface area contributed by atoms with Crippen molar-refractivity contribution in [1.82, 2.24) is 5.32 Å². The number of hydrogen-bond acceptors (Lipinski definition) is 2. The fourth-order valence-corrected chi connectivity index (χ4v) is 3.33. The Morgan fingerprint density at radius 3 is 2.20 bits per heavy atom. The van der Waals surface area contributed by atoms with Crippen LogP contribution in [-0.4, -0.2) is 0 Å². The first-order valence-electron chi connectivity index (χ1n) is 6.74. The second-order valence-electron chi connectivity index (χ2n) is 5.30. The quantitative estimate of drug-likeness (QED) is 0.759. The van der Waals surface area contributed by atoms with Gasteiger partial charge in [-0.05, 0) is 42.7 Å². The second kappa shape index (κ2) is 6.70. The number of halogens is 2. The van der Waals surface area contributed by atoms with Gasteiger partial charge in [0, 0.05) is 17.0 Å². The summed E-state index contributed by atoms with van der Waals surface area (Å²) in [4.78, 5) is 1.21. The maximum atomic E-state index is 13.0. The molecule has 2 unspecified atom stereocenters. The van der Waals surface area contributed by atoms with Crippen LogP contribution in [0, 0.1) is 11.7 Å². The zero-order chi connectivity index (χ0) is 14.7. The molecule has 1 aromatic heterocycles. The highest BCUT2D eigenvalue weighted by Gasteiger charge is 2.19. The van der Waals surface area contributed by atoms with Crippen LogP contribution >= 0.6 is 22.9 Å². The van der Waals surface area contributed by atoms with Crippen molar-refractivity contribution >= 4 is 22.9 Å². The number of thiophene rings is 1. The highest BCUT2D eigenvalue weighted by molar-refractivity contribution is 7.16. The van der Waals surface area contributed by atoms with Crippen molar-refractivity contribution < 1.29 is 4.39 Å². The lowest BCUT2D eigenvalue weighted by atomic mass is 9.95. The molecule has 0 fully saturated rings. The molecular formula is C16H19ClFNS. The van der Waals surface area contributed by atoms with Crippen LogP contribution in [0.1, 0.15) is 43.3 Å². The monoisotopic (exact) mass is 311 g/mol. The smallest absolute Gasteiger partial charge is 0.123 e. The molecule has 0 bridgehead atoms. The maximum Gasteiger partial charge on any atom is 0.123 e. The first kappa shape index (κ1) is 15.5. The van der Waals surface area contributed by atoms with Crippen LogP contribution in [0.25, 0.3) is 0 Å². The summed E-state index contributed by atoms with van der Waals surface area (Å²) in [6.45, 7) is 6.45. The molecule has 0 saturated heterocycles. The van der Waals surface area contributed by atoms with Gasteiger partial charge in [0.1, 0.15) is 5.82 Å². The van der Waals surface area contributed by atoms with Crippen molar-refractivity contribution in [3.63, 3.8) is 0 Å². The molecule has 2 aromatic rings. The Labute approximate surface area is 128 Å². The molecule has 0 aliphatic heterocycles. The predicted octanol–water partition coefficient (Wildman–Crippen LogP) is 5.59. The maximum absolute atomic E-state index is 13.0. The van der Waals surface area contributed by atoms with E-state index in [0.717, 1.165) is 9.90 Å². The van der Waals surface area contributed by atoms with Crippen LogP contribution in [0.5, 0.6) is 0 Å². The molecule has 108 valence electrons. The molecule has 2 rings (SSSR count). The molecule has 0 radical (unpaired) electrons. The molecule has 20 heavy (non-hydrogen) atoms. The molecule has 0 aliphatic rings. The molecule has 4 heteroatoms. The minimum atomic E-state index is -0.200. The Hall–Kier alpha value is -0.900. The van der Waals surface area contributed by atoms with Gasteiger partial charge in [0.15, 0.2) is 0 Å². The summed E-state index contributed by atoms with van der Waals surface area (Å²) in [6.07, 6.45) is 0. The zero-order valence-corrected chi connectivity index (χ0v) is 13.4. The van der Waals surface area contributed by atoms with Crippen molar-refractivity contribution in [3.05, 3.63) is 57.0 Å². The van der Waals surface area contributed by atoms with E-state index in [2.05, 4.69) is 26.1 Å². The minimum Gasteiger partial charge on any atom is -0.302 e. The topological polar surface area (TPSA) is 12.0 Å². The summed E-state index contributed by atoms with van der Waals surface area (Å²) in [5.74, 6) is 0.215. The molecular weight excluding hydrogens is 293 g/mol. The van der Waals surface area contributed by atoms with Crippen molar-refractivity contribution in [1.29, 1.82) is 0 Å². The molecule has 1 nitrogen and oxygen atoms in total. The number of rotatable bonds is 5. The van der Waals surface area contributed by atoms with E-state index in [1.165, 1.54) is 17.0 Å². The lowest BCUT2D eigenvalue weighted by Crippen LogP contribution is -2.28. The second-order valence-corrected chi connectivity index (χ2v) is 7.05. The fourth-order valence-electron chi connectivity index (χ4n) is 2.26. The summed E-state index contributed by atoms with van der Waals surface area (Å²) >= 11 is 7.58. The SMILES string of the molecule is CC(NC(c1ccc(F)cc1)C(C)C)c1ccc(Cl)s1. The van der Waals surface area contributed by atoms with Crippen LogP contribution in [0.3, 0.4) is 0 Å². The Kier molecular flexibility index (Phi) is 5.19. The number of benzene rings is 1.